The molecule has 6 rings (SSSR count). The maximum Gasteiger partial charge on any atom is 0.434 e. The van der Waals surface area contributed by atoms with E-state index in [2.05, 4.69) is 4.99 Å². The number of aromatic nitrogens is 1. The van der Waals surface area contributed by atoms with Crippen LogP contribution in [0.5, 0.6) is 5.75 Å². The van der Waals surface area contributed by atoms with Crippen LogP contribution in [0.15, 0.2) is 106 Å². The first kappa shape index (κ1) is 32.7. The van der Waals surface area contributed by atoms with Crippen molar-refractivity contribution < 1.29 is 32.4 Å². The topological polar surface area (TPSA) is 113 Å². The van der Waals surface area contributed by atoms with Gasteiger partial charge in [-0.25, -0.2) is 9.79 Å². The molecule has 1 atom stereocenters. The Labute approximate surface area is 278 Å². The minimum Gasteiger partial charge on any atom is -0.488 e. The van der Waals surface area contributed by atoms with Crippen LogP contribution in [-0.2, 0) is 16.1 Å². The molecule has 0 aliphatic carbocycles. The normalized spacial score (nSPS) is 14.9. The minimum atomic E-state index is -5.05. The zero-order valence-electron chi connectivity index (χ0n) is 24.9. The van der Waals surface area contributed by atoms with Crippen molar-refractivity contribution in [3.63, 3.8) is 0 Å². The summed E-state index contributed by atoms with van der Waals surface area (Å²) in [6.07, 6.45) is -3.52. The standard InChI is InChI=1S/C34H23ClF3N3O6S/c1-2-46-32(43)28-29(21-9-12-22(35)13-10-21)40-31(42)27(48-33(40)39-30(28)34(36,37)38)17-25-24-6-4-3-5-20(24)11-16-26(25)47-18-19-7-14-23(15-8-19)41(44)45/h3-17,29H,2,18H2,1H3/b27-17-/t29-/m0/s1. The molecule has 1 aromatic heterocycles. The number of thiazole rings is 1. The second kappa shape index (κ2) is 13.1. The number of esters is 1. The van der Waals surface area contributed by atoms with Crippen molar-refractivity contribution in [2.24, 2.45) is 4.99 Å². The number of rotatable bonds is 8. The average molecular weight is 694 g/mol. The highest BCUT2D eigenvalue weighted by Gasteiger charge is 2.45. The van der Waals surface area contributed by atoms with Gasteiger partial charge >= 0.3 is 12.1 Å². The van der Waals surface area contributed by atoms with Gasteiger partial charge in [0.05, 0.1) is 27.7 Å². The van der Waals surface area contributed by atoms with E-state index in [0.29, 0.717) is 27.3 Å². The monoisotopic (exact) mass is 693 g/mol. The molecule has 0 N–H and O–H groups in total. The van der Waals surface area contributed by atoms with Crippen LogP contribution in [0.2, 0.25) is 5.02 Å². The molecular formula is C34H23ClF3N3O6S. The summed E-state index contributed by atoms with van der Waals surface area (Å²) < 4.78 is 55.7. The summed E-state index contributed by atoms with van der Waals surface area (Å²) in [4.78, 5) is 41.4. The molecule has 1 aliphatic rings. The molecule has 14 heteroatoms. The quantitative estimate of drug-likeness (QED) is 0.102. The molecule has 0 amide bonds. The third kappa shape index (κ3) is 6.34. The number of carbonyl (C=O) groups is 1. The molecular weight excluding hydrogens is 671 g/mol. The zero-order chi connectivity index (χ0) is 34.2. The fourth-order valence-electron chi connectivity index (χ4n) is 5.36. The Hall–Kier alpha value is -5.27. The Morgan fingerprint density at radius 3 is 2.44 bits per heavy atom. The minimum absolute atomic E-state index is 0.0346. The SMILES string of the molecule is CCOC(=O)C1=C(C(F)(F)F)N=c2s/c(=C\c3c(OCc4ccc([N+](=O)[O-])cc4)ccc4ccccc34)c(=O)n2[C@H]1c1ccc(Cl)cc1. The number of nitro groups is 1. The summed E-state index contributed by atoms with van der Waals surface area (Å²) in [5.74, 6) is -0.894. The Morgan fingerprint density at radius 2 is 1.77 bits per heavy atom. The molecule has 48 heavy (non-hydrogen) atoms. The number of fused-ring (bicyclic) bond motifs is 2. The fraction of sp³-hybridized carbons (Fsp3) is 0.147. The van der Waals surface area contributed by atoms with Gasteiger partial charge in [0, 0.05) is 22.7 Å². The van der Waals surface area contributed by atoms with Gasteiger partial charge in [-0.15, -0.1) is 0 Å². The number of allylic oxidation sites excluding steroid dienone is 1. The number of non-ortho nitro benzene ring substituents is 1. The van der Waals surface area contributed by atoms with E-state index >= 15 is 0 Å². The number of benzene rings is 4. The lowest BCUT2D eigenvalue weighted by atomic mass is 9.95. The maximum absolute atomic E-state index is 14.5. The lowest BCUT2D eigenvalue weighted by Crippen LogP contribution is -2.41. The first-order chi connectivity index (χ1) is 23.0. The van der Waals surface area contributed by atoms with E-state index in [1.165, 1.54) is 49.4 Å². The summed E-state index contributed by atoms with van der Waals surface area (Å²) in [5, 5.41) is 12.9. The number of nitrogens with zero attached hydrogens (tertiary/aromatic N) is 3. The van der Waals surface area contributed by atoms with Crippen LogP contribution in [0.3, 0.4) is 0 Å². The summed E-state index contributed by atoms with van der Waals surface area (Å²) in [6.45, 7) is 1.30. The number of halogens is 4. The third-order valence-corrected chi connectivity index (χ3v) is 8.76. The van der Waals surface area contributed by atoms with Gasteiger partial charge in [0.2, 0.25) is 0 Å². The van der Waals surface area contributed by atoms with Gasteiger partial charge in [-0.05, 0) is 65.2 Å². The molecule has 0 saturated heterocycles. The molecule has 5 aromatic rings. The number of alkyl halides is 3. The van der Waals surface area contributed by atoms with Crippen LogP contribution < -0.4 is 19.6 Å². The van der Waals surface area contributed by atoms with Gasteiger partial charge in [-0.1, -0.05) is 65.4 Å². The maximum atomic E-state index is 14.5. The lowest BCUT2D eigenvalue weighted by Gasteiger charge is -2.26. The van der Waals surface area contributed by atoms with E-state index in [0.717, 1.165) is 21.3 Å². The smallest absolute Gasteiger partial charge is 0.434 e. The molecule has 2 heterocycles. The molecule has 0 bridgehead atoms. The third-order valence-electron chi connectivity index (χ3n) is 7.53. The second-order valence-electron chi connectivity index (χ2n) is 10.5. The number of carbonyl (C=O) groups excluding carboxylic acids is 1. The zero-order valence-corrected chi connectivity index (χ0v) is 26.4. The molecule has 1 aliphatic heterocycles. The Bertz CT molecular complexity index is 2280. The van der Waals surface area contributed by atoms with Gasteiger partial charge in [0.25, 0.3) is 11.2 Å². The molecule has 244 valence electrons. The van der Waals surface area contributed by atoms with E-state index in [9.17, 15) is 32.9 Å². The highest BCUT2D eigenvalue weighted by Crippen LogP contribution is 2.38. The van der Waals surface area contributed by atoms with E-state index in [1.54, 1.807) is 24.3 Å². The van der Waals surface area contributed by atoms with E-state index in [4.69, 9.17) is 21.1 Å². The van der Waals surface area contributed by atoms with Crippen molar-refractivity contribution in [3.05, 3.63) is 148 Å². The van der Waals surface area contributed by atoms with Crippen LogP contribution in [0, 0.1) is 10.1 Å². The summed E-state index contributed by atoms with van der Waals surface area (Å²) in [7, 11) is 0. The van der Waals surface area contributed by atoms with Crippen molar-refractivity contribution in [2.75, 3.05) is 6.61 Å². The number of nitro benzene ring substituents is 1. The highest BCUT2D eigenvalue weighted by molar-refractivity contribution is 7.07. The summed E-state index contributed by atoms with van der Waals surface area (Å²) >= 11 is 6.80. The van der Waals surface area contributed by atoms with Crippen molar-refractivity contribution in [1.29, 1.82) is 0 Å². The summed E-state index contributed by atoms with van der Waals surface area (Å²) in [6, 6.07) is 20.9. The van der Waals surface area contributed by atoms with Gasteiger partial charge in [0.15, 0.2) is 10.5 Å². The van der Waals surface area contributed by atoms with Crippen molar-refractivity contribution in [1.82, 2.24) is 4.57 Å². The molecule has 9 nitrogen and oxygen atoms in total. The van der Waals surface area contributed by atoms with Gasteiger partial charge in [0.1, 0.15) is 12.4 Å². The number of hydrogen-bond acceptors (Lipinski definition) is 8. The van der Waals surface area contributed by atoms with Crippen LogP contribution in [0.1, 0.15) is 29.7 Å². The highest BCUT2D eigenvalue weighted by atomic mass is 35.5. The number of ether oxygens (including phenoxy) is 2. The van der Waals surface area contributed by atoms with Crippen LogP contribution in [0.4, 0.5) is 18.9 Å². The molecule has 0 unspecified atom stereocenters. The van der Waals surface area contributed by atoms with Gasteiger partial charge in [-0.2, -0.15) is 13.2 Å². The van der Waals surface area contributed by atoms with E-state index in [1.807, 2.05) is 24.3 Å². The molecule has 4 aromatic carbocycles. The molecule has 0 radical (unpaired) electrons. The van der Waals surface area contributed by atoms with Gasteiger partial charge in [-0.3, -0.25) is 19.5 Å². The Balaban J connectivity index is 1.54. The Morgan fingerprint density at radius 1 is 1.06 bits per heavy atom. The average Bonchev–Trinajstić information content (AvgIpc) is 3.38. The number of hydrogen-bond donors (Lipinski definition) is 0. The predicted octanol–water partition coefficient (Wildman–Crippen LogP) is 6.63. The summed E-state index contributed by atoms with van der Waals surface area (Å²) in [5.41, 5.74) is -1.71. The van der Waals surface area contributed by atoms with Crippen LogP contribution >= 0.6 is 22.9 Å². The van der Waals surface area contributed by atoms with Crippen LogP contribution in [0.25, 0.3) is 16.8 Å². The Kier molecular flexibility index (Phi) is 8.91. The largest absolute Gasteiger partial charge is 0.488 e. The first-order valence-electron chi connectivity index (χ1n) is 14.4. The van der Waals surface area contributed by atoms with Gasteiger partial charge < -0.3 is 9.47 Å². The molecule has 0 saturated carbocycles. The van der Waals surface area contributed by atoms with E-state index < -0.39 is 39.9 Å². The second-order valence-corrected chi connectivity index (χ2v) is 12.0. The lowest BCUT2D eigenvalue weighted by molar-refractivity contribution is -0.384. The molecule has 0 fully saturated rings. The van der Waals surface area contributed by atoms with Crippen molar-refractivity contribution in [3.8, 4) is 5.75 Å². The van der Waals surface area contributed by atoms with Crippen molar-refractivity contribution in [2.45, 2.75) is 25.7 Å². The van der Waals surface area contributed by atoms with Crippen molar-refractivity contribution >= 4 is 51.4 Å². The fourth-order valence-corrected chi connectivity index (χ4v) is 6.47. The van der Waals surface area contributed by atoms with E-state index in [-0.39, 0.29) is 33.8 Å². The predicted molar refractivity (Wildman–Crippen MR) is 174 cm³/mol. The first-order valence-corrected chi connectivity index (χ1v) is 15.6. The molecule has 0 spiro atoms. The van der Waals surface area contributed by atoms with Crippen LogP contribution in [-0.4, -0.2) is 28.2 Å².